The molecule has 1 unspecified atom stereocenters. The van der Waals surface area contributed by atoms with Gasteiger partial charge in [0.05, 0.1) is 5.41 Å². The summed E-state index contributed by atoms with van der Waals surface area (Å²) in [6, 6.07) is 5.93. The number of hydrogen-bond acceptors (Lipinski definition) is 2. The Kier molecular flexibility index (Phi) is 3.52. The van der Waals surface area contributed by atoms with Crippen LogP contribution in [0, 0.1) is 12.3 Å². The van der Waals surface area contributed by atoms with Crippen molar-refractivity contribution < 1.29 is 4.79 Å². The molecule has 98 valence electrons. The van der Waals surface area contributed by atoms with Gasteiger partial charge in [0.2, 0.25) is 5.91 Å². The molecule has 1 heterocycles. The number of hydrogen-bond donors (Lipinski definition) is 1. The summed E-state index contributed by atoms with van der Waals surface area (Å²) in [6.07, 6.45) is 0.842. The van der Waals surface area contributed by atoms with Crippen LogP contribution in [-0.4, -0.2) is 18.5 Å². The van der Waals surface area contributed by atoms with Crippen LogP contribution in [0.3, 0.4) is 0 Å². The van der Waals surface area contributed by atoms with Gasteiger partial charge < -0.3 is 10.6 Å². The largest absolute Gasteiger partial charge is 0.327 e. The SMILES string of the molecule is Cc1cc(Br)ccc1N1CCC(N)C(C)(C)C1=O. The van der Waals surface area contributed by atoms with Gasteiger partial charge in [-0.2, -0.15) is 0 Å². The molecule has 0 radical (unpaired) electrons. The summed E-state index contributed by atoms with van der Waals surface area (Å²) in [5.41, 5.74) is 7.65. The van der Waals surface area contributed by atoms with E-state index in [9.17, 15) is 4.79 Å². The Hall–Kier alpha value is -0.870. The van der Waals surface area contributed by atoms with Gasteiger partial charge in [-0.25, -0.2) is 0 Å². The van der Waals surface area contributed by atoms with Gasteiger partial charge in [0.1, 0.15) is 0 Å². The van der Waals surface area contributed by atoms with E-state index in [1.54, 1.807) is 0 Å². The van der Waals surface area contributed by atoms with E-state index in [4.69, 9.17) is 5.73 Å². The average molecular weight is 311 g/mol. The van der Waals surface area contributed by atoms with Crippen molar-refractivity contribution in [2.45, 2.75) is 33.2 Å². The first-order chi connectivity index (χ1) is 8.34. The third kappa shape index (κ3) is 2.19. The Morgan fingerprint density at radius 3 is 2.72 bits per heavy atom. The predicted molar refractivity (Wildman–Crippen MR) is 77.6 cm³/mol. The van der Waals surface area contributed by atoms with Gasteiger partial charge in [-0.15, -0.1) is 0 Å². The standard InChI is InChI=1S/C14H19BrN2O/c1-9-8-10(15)4-5-11(9)17-7-6-12(16)14(2,3)13(17)18/h4-5,8,12H,6-7,16H2,1-3H3. The first-order valence-electron chi connectivity index (χ1n) is 6.17. The minimum absolute atomic E-state index is 0.0583. The second-order valence-electron chi connectivity index (χ2n) is 5.50. The smallest absolute Gasteiger partial charge is 0.234 e. The van der Waals surface area contributed by atoms with Crippen LogP contribution in [0.5, 0.6) is 0 Å². The summed E-state index contributed by atoms with van der Waals surface area (Å²) >= 11 is 3.44. The number of nitrogens with two attached hydrogens (primary N) is 1. The molecule has 18 heavy (non-hydrogen) atoms. The number of halogens is 1. The van der Waals surface area contributed by atoms with Crippen molar-refractivity contribution in [3.63, 3.8) is 0 Å². The molecule has 3 nitrogen and oxygen atoms in total. The van der Waals surface area contributed by atoms with Crippen molar-refractivity contribution in [1.29, 1.82) is 0 Å². The summed E-state index contributed by atoms with van der Waals surface area (Å²) in [7, 11) is 0. The molecule has 4 heteroatoms. The van der Waals surface area contributed by atoms with Crippen molar-refractivity contribution in [3.05, 3.63) is 28.2 Å². The van der Waals surface area contributed by atoms with E-state index in [1.165, 1.54) is 0 Å². The molecule has 1 fully saturated rings. The second kappa shape index (κ2) is 4.67. The van der Waals surface area contributed by atoms with Crippen LogP contribution in [0.4, 0.5) is 5.69 Å². The van der Waals surface area contributed by atoms with Crippen molar-refractivity contribution >= 4 is 27.5 Å². The molecule has 1 aromatic rings. The molecular weight excluding hydrogens is 292 g/mol. The quantitative estimate of drug-likeness (QED) is 0.867. The number of carbonyl (C=O) groups excluding carboxylic acids is 1. The number of anilines is 1. The fourth-order valence-electron chi connectivity index (χ4n) is 2.39. The summed E-state index contributed by atoms with van der Waals surface area (Å²) in [5, 5.41) is 0. The van der Waals surface area contributed by atoms with Gasteiger partial charge in [0, 0.05) is 22.7 Å². The molecule has 1 atom stereocenters. The Morgan fingerprint density at radius 1 is 1.44 bits per heavy atom. The number of nitrogens with zero attached hydrogens (tertiary/aromatic N) is 1. The summed E-state index contributed by atoms with van der Waals surface area (Å²) < 4.78 is 1.03. The lowest BCUT2D eigenvalue weighted by Crippen LogP contribution is -2.56. The summed E-state index contributed by atoms with van der Waals surface area (Å²) in [6.45, 7) is 6.58. The molecule has 1 aromatic carbocycles. The van der Waals surface area contributed by atoms with Gasteiger partial charge in [0.25, 0.3) is 0 Å². The first kappa shape index (κ1) is 13.6. The van der Waals surface area contributed by atoms with Gasteiger partial charge in [-0.3, -0.25) is 4.79 Å². The lowest BCUT2D eigenvalue weighted by atomic mass is 9.78. The Labute approximate surface area is 116 Å². The van der Waals surface area contributed by atoms with E-state index in [-0.39, 0.29) is 11.9 Å². The molecule has 1 aliphatic rings. The third-order valence-electron chi connectivity index (χ3n) is 3.84. The number of piperidine rings is 1. The van der Waals surface area contributed by atoms with Gasteiger partial charge in [-0.05, 0) is 51.0 Å². The van der Waals surface area contributed by atoms with Gasteiger partial charge >= 0.3 is 0 Å². The minimum Gasteiger partial charge on any atom is -0.327 e. The van der Waals surface area contributed by atoms with E-state index < -0.39 is 5.41 Å². The van der Waals surface area contributed by atoms with E-state index >= 15 is 0 Å². The van der Waals surface area contributed by atoms with E-state index in [1.807, 2.05) is 43.9 Å². The number of carbonyl (C=O) groups is 1. The highest BCUT2D eigenvalue weighted by atomic mass is 79.9. The number of benzene rings is 1. The van der Waals surface area contributed by atoms with Crippen molar-refractivity contribution in [1.82, 2.24) is 0 Å². The molecule has 2 N–H and O–H groups in total. The monoisotopic (exact) mass is 310 g/mol. The second-order valence-corrected chi connectivity index (χ2v) is 6.42. The van der Waals surface area contributed by atoms with Crippen LogP contribution in [0.2, 0.25) is 0 Å². The molecule has 0 aliphatic carbocycles. The van der Waals surface area contributed by atoms with Crippen LogP contribution in [0.1, 0.15) is 25.8 Å². The Balaban J connectivity index is 2.37. The van der Waals surface area contributed by atoms with E-state index in [0.29, 0.717) is 6.54 Å². The third-order valence-corrected chi connectivity index (χ3v) is 4.33. The minimum atomic E-state index is -0.488. The maximum Gasteiger partial charge on any atom is 0.234 e. The summed E-state index contributed by atoms with van der Waals surface area (Å²) in [5.74, 6) is 0.117. The van der Waals surface area contributed by atoms with E-state index in [0.717, 1.165) is 22.1 Å². The molecular formula is C14H19BrN2O. The molecule has 0 aromatic heterocycles. The molecule has 1 amide bonds. The van der Waals surface area contributed by atoms with Gasteiger partial charge in [0.15, 0.2) is 0 Å². The molecule has 1 aliphatic heterocycles. The van der Waals surface area contributed by atoms with Crippen LogP contribution in [0.15, 0.2) is 22.7 Å². The fourth-order valence-corrected chi connectivity index (χ4v) is 2.86. The first-order valence-corrected chi connectivity index (χ1v) is 6.97. The Bertz CT molecular complexity index is 485. The molecule has 0 bridgehead atoms. The highest BCUT2D eigenvalue weighted by Gasteiger charge is 2.42. The number of amides is 1. The van der Waals surface area contributed by atoms with Gasteiger partial charge in [-0.1, -0.05) is 15.9 Å². The molecule has 1 saturated heterocycles. The summed E-state index contributed by atoms with van der Waals surface area (Å²) in [4.78, 5) is 14.4. The number of rotatable bonds is 1. The topological polar surface area (TPSA) is 46.3 Å². The van der Waals surface area contributed by atoms with Crippen molar-refractivity contribution in [2.75, 3.05) is 11.4 Å². The highest BCUT2D eigenvalue weighted by molar-refractivity contribution is 9.10. The molecule has 0 saturated carbocycles. The average Bonchev–Trinajstić information content (AvgIpc) is 2.29. The van der Waals surface area contributed by atoms with Crippen LogP contribution >= 0.6 is 15.9 Å². The predicted octanol–water partition coefficient (Wildman–Crippen LogP) is 2.85. The molecule has 2 rings (SSSR count). The van der Waals surface area contributed by atoms with Crippen LogP contribution in [-0.2, 0) is 4.79 Å². The Morgan fingerprint density at radius 2 is 2.11 bits per heavy atom. The van der Waals surface area contributed by atoms with Crippen molar-refractivity contribution in [2.24, 2.45) is 11.1 Å². The highest BCUT2D eigenvalue weighted by Crippen LogP contribution is 2.34. The number of aryl methyl sites for hydroxylation is 1. The van der Waals surface area contributed by atoms with Crippen LogP contribution < -0.4 is 10.6 Å². The lowest BCUT2D eigenvalue weighted by Gasteiger charge is -2.41. The maximum atomic E-state index is 12.5. The van der Waals surface area contributed by atoms with E-state index in [2.05, 4.69) is 15.9 Å². The lowest BCUT2D eigenvalue weighted by molar-refractivity contribution is -0.129. The normalized spacial score (nSPS) is 23.3. The zero-order valence-electron chi connectivity index (χ0n) is 11.0. The van der Waals surface area contributed by atoms with Crippen LogP contribution in [0.25, 0.3) is 0 Å². The van der Waals surface area contributed by atoms with Crippen molar-refractivity contribution in [3.8, 4) is 0 Å². The maximum absolute atomic E-state index is 12.5. The molecule has 0 spiro atoms. The fraction of sp³-hybridized carbons (Fsp3) is 0.500. The zero-order valence-corrected chi connectivity index (χ0v) is 12.6. The zero-order chi connectivity index (χ0) is 13.5.